The molecule has 1 rings (SSSR count). The van der Waals surface area contributed by atoms with Gasteiger partial charge in [-0.15, -0.1) is 0 Å². The van der Waals surface area contributed by atoms with Crippen molar-refractivity contribution >= 4 is 0 Å². The summed E-state index contributed by atoms with van der Waals surface area (Å²) in [7, 11) is 3.66. The van der Waals surface area contributed by atoms with Gasteiger partial charge in [0.1, 0.15) is 0 Å². The minimum atomic E-state index is -0.523. The van der Waals surface area contributed by atoms with Crippen LogP contribution in [0.5, 0.6) is 0 Å². The predicted molar refractivity (Wildman–Crippen MR) is 70.1 cm³/mol. The maximum absolute atomic E-state index is 10.1. The van der Waals surface area contributed by atoms with Crippen LogP contribution in [0.1, 0.15) is 23.7 Å². The molecule has 0 saturated heterocycles. The number of ether oxygens (including phenoxy) is 1. The zero-order valence-electron chi connectivity index (χ0n) is 11.0. The van der Waals surface area contributed by atoms with Crippen molar-refractivity contribution in [1.29, 1.82) is 5.26 Å². The monoisotopic (exact) mass is 248 g/mol. The van der Waals surface area contributed by atoms with Crippen LogP contribution in [0.4, 0.5) is 0 Å². The fraction of sp³-hybridized carbons (Fsp3) is 0.500. The molecule has 0 bridgehead atoms. The van der Waals surface area contributed by atoms with E-state index < -0.39 is 6.10 Å². The van der Waals surface area contributed by atoms with Crippen LogP contribution in [0, 0.1) is 11.3 Å². The Morgan fingerprint density at radius 2 is 2.06 bits per heavy atom. The molecular formula is C14H20N2O2. The van der Waals surface area contributed by atoms with Crippen molar-refractivity contribution in [3.05, 3.63) is 35.4 Å². The fourth-order valence-electron chi connectivity index (χ4n) is 1.75. The summed E-state index contributed by atoms with van der Waals surface area (Å²) in [6, 6.07) is 9.11. The van der Waals surface area contributed by atoms with Gasteiger partial charge in [0.2, 0.25) is 0 Å². The lowest BCUT2D eigenvalue weighted by Gasteiger charge is -2.20. The molecule has 0 saturated carbocycles. The Labute approximate surface area is 108 Å². The Bertz CT molecular complexity index is 384. The van der Waals surface area contributed by atoms with Gasteiger partial charge in [-0.1, -0.05) is 12.1 Å². The van der Waals surface area contributed by atoms with Gasteiger partial charge in [0, 0.05) is 26.8 Å². The zero-order valence-corrected chi connectivity index (χ0v) is 11.0. The number of methoxy groups -OCH3 is 1. The van der Waals surface area contributed by atoms with Gasteiger partial charge >= 0.3 is 0 Å². The molecule has 1 N–H and O–H groups in total. The molecule has 1 aromatic rings. The minimum Gasteiger partial charge on any atom is -0.387 e. The molecule has 0 fully saturated rings. The van der Waals surface area contributed by atoms with Crippen LogP contribution in [0.3, 0.4) is 0 Å². The van der Waals surface area contributed by atoms with E-state index in [1.54, 1.807) is 31.4 Å². The average molecular weight is 248 g/mol. The molecule has 18 heavy (non-hydrogen) atoms. The first-order valence-corrected chi connectivity index (χ1v) is 6.03. The number of hydrogen-bond acceptors (Lipinski definition) is 4. The largest absolute Gasteiger partial charge is 0.387 e. The number of nitrogens with zero attached hydrogens (tertiary/aromatic N) is 2. The summed E-state index contributed by atoms with van der Waals surface area (Å²) < 4.78 is 4.99. The third kappa shape index (κ3) is 4.84. The zero-order chi connectivity index (χ0) is 13.4. The summed E-state index contributed by atoms with van der Waals surface area (Å²) in [6.45, 7) is 2.20. The molecule has 0 amide bonds. The maximum Gasteiger partial charge on any atom is 0.0991 e. The summed E-state index contributed by atoms with van der Waals surface area (Å²) in [4.78, 5) is 2.07. The van der Waals surface area contributed by atoms with E-state index in [0.717, 1.165) is 25.1 Å². The molecule has 0 spiro atoms. The van der Waals surface area contributed by atoms with E-state index in [4.69, 9.17) is 10.00 Å². The number of rotatable bonds is 7. The molecule has 0 heterocycles. The van der Waals surface area contributed by atoms with Gasteiger partial charge in [-0.2, -0.15) is 5.26 Å². The molecule has 1 aromatic carbocycles. The van der Waals surface area contributed by atoms with Crippen LogP contribution in [0.15, 0.2) is 24.3 Å². The molecule has 1 unspecified atom stereocenters. The standard InChI is InChI=1S/C14H20N2O2/c1-16(8-3-9-18-2)11-14(17)13-6-4-12(10-15)5-7-13/h4-7,14,17H,3,8-9,11H2,1-2H3. The molecule has 4 heteroatoms. The minimum absolute atomic E-state index is 0.523. The van der Waals surface area contributed by atoms with Crippen molar-refractivity contribution < 1.29 is 9.84 Å². The Balaban J connectivity index is 2.43. The van der Waals surface area contributed by atoms with Crippen LogP contribution in [-0.4, -0.2) is 43.9 Å². The number of likely N-dealkylation sites (N-methyl/N-ethyl adjacent to an activating group) is 1. The van der Waals surface area contributed by atoms with Crippen molar-refractivity contribution in [3.63, 3.8) is 0 Å². The Morgan fingerprint density at radius 3 is 2.61 bits per heavy atom. The molecule has 0 aliphatic heterocycles. The number of aliphatic hydroxyl groups excluding tert-OH is 1. The molecular weight excluding hydrogens is 228 g/mol. The van der Waals surface area contributed by atoms with E-state index in [9.17, 15) is 5.11 Å². The van der Waals surface area contributed by atoms with E-state index in [1.807, 2.05) is 7.05 Å². The van der Waals surface area contributed by atoms with Gasteiger partial charge < -0.3 is 14.7 Å². The first kappa shape index (κ1) is 14.7. The third-order valence-electron chi connectivity index (χ3n) is 2.80. The van der Waals surface area contributed by atoms with E-state index in [0.29, 0.717) is 12.1 Å². The highest BCUT2D eigenvalue weighted by molar-refractivity contribution is 5.32. The molecule has 0 aliphatic carbocycles. The van der Waals surface area contributed by atoms with Crippen molar-refractivity contribution in [2.75, 3.05) is 33.9 Å². The van der Waals surface area contributed by atoms with Gasteiger partial charge in [-0.05, 0) is 31.2 Å². The highest BCUT2D eigenvalue weighted by atomic mass is 16.5. The lowest BCUT2D eigenvalue weighted by Crippen LogP contribution is -2.26. The first-order chi connectivity index (χ1) is 8.67. The van der Waals surface area contributed by atoms with Crippen LogP contribution in [-0.2, 0) is 4.74 Å². The Hall–Kier alpha value is -1.41. The second-order valence-electron chi connectivity index (χ2n) is 4.36. The number of benzene rings is 1. The lowest BCUT2D eigenvalue weighted by atomic mass is 10.1. The topological polar surface area (TPSA) is 56.5 Å². The SMILES string of the molecule is COCCCN(C)CC(O)c1ccc(C#N)cc1. The normalized spacial score (nSPS) is 12.4. The van der Waals surface area contributed by atoms with Gasteiger partial charge in [0.15, 0.2) is 0 Å². The molecule has 0 aliphatic rings. The van der Waals surface area contributed by atoms with Crippen molar-refractivity contribution in [2.24, 2.45) is 0 Å². The number of nitriles is 1. The van der Waals surface area contributed by atoms with Crippen molar-refractivity contribution in [1.82, 2.24) is 4.90 Å². The summed E-state index contributed by atoms with van der Waals surface area (Å²) >= 11 is 0. The molecule has 0 radical (unpaired) electrons. The van der Waals surface area contributed by atoms with Gasteiger partial charge in [0.25, 0.3) is 0 Å². The van der Waals surface area contributed by atoms with Crippen LogP contribution in [0.25, 0.3) is 0 Å². The third-order valence-corrected chi connectivity index (χ3v) is 2.80. The Kier molecular flexibility index (Phi) is 6.37. The highest BCUT2D eigenvalue weighted by Crippen LogP contribution is 2.14. The molecule has 0 aromatic heterocycles. The van der Waals surface area contributed by atoms with Crippen LogP contribution >= 0.6 is 0 Å². The summed E-state index contributed by atoms with van der Waals surface area (Å²) in [5, 5.41) is 18.8. The first-order valence-electron chi connectivity index (χ1n) is 6.03. The van der Waals surface area contributed by atoms with Gasteiger partial charge in [-0.3, -0.25) is 0 Å². The molecule has 98 valence electrons. The van der Waals surface area contributed by atoms with Gasteiger partial charge in [0.05, 0.1) is 17.7 Å². The van der Waals surface area contributed by atoms with Crippen LogP contribution < -0.4 is 0 Å². The Morgan fingerprint density at radius 1 is 1.39 bits per heavy atom. The smallest absolute Gasteiger partial charge is 0.0991 e. The van der Waals surface area contributed by atoms with E-state index in [2.05, 4.69) is 11.0 Å². The van der Waals surface area contributed by atoms with Gasteiger partial charge in [-0.25, -0.2) is 0 Å². The number of hydrogen-bond donors (Lipinski definition) is 1. The van der Waals surface area contributed by atoms with E-state index in [1.165, 1.54) is 0 Å². The lowest BCUT2D eigenvalue weighted by molar-refractivity contribution is 0.117. The molecule has 4 nitrogen and oxygen atoms in total. The predicted octanol–water partition coefficient (Wildman–Crippen LogP) is 1.56. The summed E-state index contributed by atoms with van der Waals surface area (Å²) in [5.41, 5.74) is 1.45. The summed E-state index contributed by atoms with van der Waals surface area (Å²) in [5.74, 6) is 0. The van der Waals surface area contributed by atoms with Crippen LogP contribution in [0.2, 0.25) is 0 Å². The van der Waals surface area contributed by atoms with E-state index >= 15 is 0 Å². The van der Waals surface area contributed by atoms with E-state index in [-0.39, 0.29) is 0 Å². The second kappa shape index (κ2) is 7.83. The van der Waals surface area contributed by atoms with Crippen molar-refractivity contribution in [2.45, 2.75) is 12.5 Å². The molecule has 1 atom stereocenters. The van der Waals surface area contributed by atoms with Crippen molar-refractivity contribution in [3.8, 4) is 6.07 Å². The summed E-state index contributed by atoms with van der Waals surface area (Å²) in [6.07, 6.45) is 0.429. The number of aliphatic hydroxyl groups is 1. The quantitative estimate of drug-likeness (QED) is 0.744. The maximum atomic E-state index is 10.1. The highest BCUT2D eigenvalue weighted by Gasteiger charge is 2.10. The second-order valence-corrected chi connectivity index (χ2v) is 4.36. The average Bonchev–Trinajstić information content (AvgIpc) is 2.39. The fourth-order valence-corrected chi connectivity index (χ4v) is 1.75.